The van der Waals surface area contributed by atoms with Gasteiger partial charge in [-0.05, 0) is 6.92 Å². The fourth-order valence-electron chi connectivity index (χ4n) is 0.480. The van der Waals surface area contributed by atoms with Crippen molar-refractivity contribution in [2.45, 2.75) is 6.92 Å². The molecule has 0 atom stereocenters. The molecular formula is C6H15Cl2NO. The maximum atomic E-state index is 5.41. The summed E-state index contributed by atoms with van der Waals surface area (Å²) < 4.78 is 5.07. The molecule has 2 nitrogen and oxygen atoms in total. The van der Waals surface area contributed by atoms with Crippen molar-refractivity contribution in [1.29, 1.82) is 0 Å². The van der Waals surface area contributed by atoms with E-state index in [1.165, 1.54) is 0 Å². The second-order valence-electron chi connectivity index (χ2n) is 1.64. The standard InChI is InChI=1S/C6H14ClNO.ClH/c1-2-9-6-5-8-4-3-7;/h8H,2-6H2,1H3;1H. The van der Waals surface area contributed by atoms with Gasteiger partial charge in [-0.1, -0.05) is 0 Å². The van der Waals surface area contributed by atoms with Crippen LogP contribution in [0.15, 0.2) is 0 Å². The Morgan fingerprint density at radius 1 is 1.40 bits per heavy atom. The summed E-state index contributed by atoms with van der Waals surface area (Å²) in [6, 6.07) is 0. The molecule has 0 aromatic heterocycles. The number of nitrogens with one attached hydrogen (secondary N) is 1. The number of hydrogen-bond donors (Lipinski definition) is 1. The lowest BCUT2D eigenvalue weighted by atomic mass is 10.6. The first-order valence-corrected chi connectivity index (χ1v) is 3.79. The lowest BCUT2D eigenvalue weighted by Gasteiger charge is -2.00. The molecule has 0 rings (SSSR count). The van der Waals surface area contributed by atoms with E-state index in [4.69, 9.17) is 16.3 Å². The second kappa shape index (κ2) is 12.2. The first-order chi connectivity index (χ1) is 4.41. The van der Waals surface area contributed by atoms with E-state index in [0.717, 1.165) is 26.3 Å². The highest BCUT2D eigenvalue weighted by atomic mass is 35.5. The zero-order chi connectivity index (χ0) is 6.95. The van der Waals surface area contributed by atoms with Gasteiger partial charge in [0.2, 0.25) is 0 Å². The number of alkyl halides is 1. The molecule has 0 fully saturated rings. The summed E-state index contributed by atoms with van der Waals surface area (Å²) in [6.45, 7) is 5.34. The third-order valence-corrected chi connectivity index (χ3v) is 1.09. The van der Waals surface area contributed by atoms with Crippen LogP contribution in [0.5, 0.6) is 0 Å². The van der Waals surface area contributed by atoms with Gasteiger partial charge in [0.25, 0.3) is 0 Å². The van der Waals surface area contributed by atoms with Crippen molar-refractivity contribution in [2.24, 2.45) is 0 Å². The van der Waals surface area contributed by atoms with Crippen molar-refractivity contribution >= 4 is 24.0 Å². The maximum Gasteiger partial charge on any atom is 0.0590 e. The largest absolute Gasteiger partial charge is 0.380 e. The minimum Gasteiger partial charge on any atom is -0.380 e. The Labute approximate surface area is 73.7 Å². The summed E-state index contributed by atoms with van der Waals surface area (Å²) >= 11 is 5.41. The summed E-state index contributed by atoms with van der Waals surface area (Å²) in [5.74, 6) is 0.673. The number of halogens is 2. The average molecular weight is 188 g/mol. The van der Waals surface area contributed by atoms with E-state index in [1.807, 2.05) is 6.92 Å². The Morgan fingerprint density at radius 3 is 2.60 bits per heavy atom. The zero-order valence-electron chi connectivity index (χ0n) is 6.23. The minimum absolute atomic E-state index is 0. The van der Waals surface area contributed by atoms with E-state index < -0.39 is 0 Å². The molecule has 0 aromatic carbocycles. The van der Waals surface area contributed by atoms with Crippen molar-refractivity contribution in [3.8, 4) is 0 Å². The van der Waals surface area contributed by atoms with Crippen LogP contribution in [-0.2, 0) is 4.74 Å². The average Bonchev–Trinajstić information content (AvgIpc) is 1.89. The molecule has 1 N–H and O–H groups in total. The topological polar surface area (TPSA) is 21.3 Å². The van der Waals surface area contributed by atoms with Crippen LogP contribution in [-0.4, -0.2) is 32.2 Å². The van der Waals surface area contributed by atoms with Crippen LogP contribution in [0.25, 0.3) is 0 Å². The molecule has 0 heterocycles. The zero-order valence-corrected chi connectivity index (χ0v) is 7.80. The summed E-state index contributed by atoms with van der Waals surface area (Å²) in [5.41, 5.74) is 0. The lowest BCUT2D eigenvalue weighted by molar-refractivity contribution is 0.150. The lowest BCUT2D eigenvalue weighted by Crippen LogP contribution is -2.21. The van der Waals surface area contributed by atoms with E-state index in [1.54, 1.807) is 0 Å². The molecule has 0 aliphatic rings. The van der Waals surface area contributed by atoms with Crippen molar-refractivity contribution in [2.75, 3.05) is 32.2 Å². The van der Waals surface area contributed by atoms with Gasteiger partial charge in [-0.3, -0.25) is 0 Å². The van der Waals surface area contributed by atoms with Crippen molar-refractivity contribution in [3.63, 3.8) is 0 Å². The number of ether oxygens (including phenoxy) is 1. The molecule has 0 aliphatic carbocycles. The Hall–Kier alpha value is 0.500. The SMILES string of the molecule is CCOCCNCCCl.Cl. The van der Waals surface area contributed by atoms with Crippen LogP contribution in [0.3, 0.4) is 0 Å². The summed E-state index contributed by atoms with van der Waals surface area (Å²) in [7, 11) is 0. The van der Waals surface area contributed by atoms with Crippen LogP contribution in [0.2, 0.25) is 0 Å². The smallest absolute Gasteiger partial charge is 0.0590 e. The van der Waals surface area contributed by atoms with E-state index in [-0.39, 0.29) is 12.4 Å². The van der Waals surface area contributed by atoms with Gasteiger partial charge in [0.05, 0.1) is 6.61 Å². The van der Waals surface area contributed by atoms with Crippen LogP contribution in [0.4, 0.5) is 0 Å². The third kappa shape index (κ3) is 11.3. The molecule has 10 heavy (non-hydrogen) atoms. The van der Waals surface area contributed by atoms with Gasteiger partial charge in [-0.15, -0.1) is 24.0 Å². The van der Waals surface area contributed by atoms with Crippen molar-refractivity contribution < 1.29 is 4.74 Å². The first-order valence-electron chi connectivity index (χ1n) is 3.26. The molecular weight excluding hydrogens is 173 g/mol. The molecule has 0 saturated heterocycles. The molecule has 0 bridgehead atoms. The molecule has 0 amide bonds. The minimum atomic E-state index is 0. The monoisotopic (exact) mass is 187 g/mol. The van der Waals surface area contributed by atoms with E-state index in [0.29, 0.717) is 5.88 Å². The van der Waals surface area contributed by atoms with Crippen LogP contribution in [0, 0.1) is 0 Å². The predicted octanol–water partition coefficient (Wildman–Crippen LogP) is 1.27. The Bertz CT molecular complexity index is 49.0. The van der Waals surface area contributed by atoms with E-state index in [2.05, 4.69) is 5.32 Å². The maximum absolute atomic E-state index is 5.41. The van der Waals surface area contributed by atoms with Gasteiger partial charge in [-0.2, -0.15) is 0 Å². The van der Waals surface area contributed by atoms with Gasteiger partial charge in [0, 0.05) is 25.6 Å². The summed E-state index contributed by atoms with van der Waals surface area (Å²) in [6.07, 6.45) is 0. The van der Waals surface area contributed by atoms with Crippen molar-refractivity contribution in [1.82, 2.24) is 5.32 Å². The molecule has 0 spiro atoms. The summed E-state index contributed by atoms with van der Waals surface area (Å²) in [4.78, 5) is 0. The van der Waals surface area contributed by atoms with E-state index >= 15 is 0 Å². The first kappa shape index (κ1) is 13.1. The molecule has 4 heteroatoms. The Morgan fingerprint density at radius 2 is 2.10 bits per heavy atom. The van der Waals surface area contributed by atoms with Gasteiger partial charge in [0.1, 0.15) is 0 Å². The van der Waals surface area contributed by atoms with Crippen LogP contribution in [0.1, 0.15) is 6.92 Å². The van der Waals surface area contributed by atoms with E-state index in [9.17, 15) is 0 Å². The van der Waals surface area contributed by atoms with Gasteiger partial charge >= 0.3 is 0 Å². The Kier molecular flexibility index (Phi) is 16.0. The molecule has 64 valence electrons. The van der Waals surface area contributed by atoms with Gasteiger partial charge in [-0.25, -0.2) is 0 Å². The van der Waals surface area contributed by atoms with Gasteiger partial charge < -0.3 is 10.1 Å². The predicted molar refractivity (Wildman–Crippen MR) is 47.3 cm³/mol. The molecule has 0 radical (unpaired) electrons. The second-order valence-corrected chi connectivity index (χ2v) is 2.01. The molecule has 0 aliphatic heterocycles. The quantitative estimate of drug-likeness (QED) is 0.500. The fraction of sp³-hybridized carbons (Fsp3) is 1.00. The normalized spacial score (nSPS) is 9.00. The summed E-state index contributed by atoms with van der Waals surface area (Å²) in [5, 5.41) is 3.11. The Balaban J connectivity index is 0. The molecule has 0 saturated carbocycles. The van der Waals surface area contributed by atoms with Gasteiger partial charge in [0.15, 0.2) is 0 Å². The molecule has 0 aromatic rings. The van der Waals surface area contributed by atoms with Crippen LogP contribution >= 0.6 is 24.0 Å². The highest BCUT2D eigenvalue weighted by Gasteiger charge is 1.83. The fourth-order valence-corrected chi connectivity index (χ4v) is 0.614. The van der Waals surface area contributed by atoms with Crippen LogP contribution < -0.4 is 5.32 Å². The highest BCUT2D eigenvalue weighted by Crippen LogP contribution is 1.72. The number of rotatable bonds is 6. The molecule has 0 unspecified atom stereocenters. The van der Waals surface area contributed by atoms with Crippen molar-refractivity contribution in [3.05, 3.63) is 0 Å². The third-order valence-electron chi connectivity index (χ3n) is 0.899. The highest BCUT2D eigenvalue weighted by molar-refractivity contribution is 6.18. The number of hydrogen-bond acceptors (Lipinski definition) is 2.